The number of nitrogens with one attached hydrogen (secondary N) is 1. The summed E-state index contributed by atoms with van der Waals surface area (Å²) in [5.41, 5.74) is 1.48. The molecule has 0 aliphatic rings. The molecule has 5 heteroatoms. The molecule has 3 aromatic rings. The number of benzene rings is 2. The Morgan fingerprint density at radius 1 is 0.920 bits per heavy atom. The highest BCUT2D eigenvalue weighted by Gasteiger charge is 2.19. The standard InChI is InChI=1S/C20H18N2O3/c1-24-19(15-5-3-2-4-6-15)20(23)22-16-7-9-17(10-8-16)25-18-11-13-21-14-12-18/h2-14,19H,1H3,(H,22,23). The zero-order valence-corrected chi connectivity index (χ0v) is 13.8. The SMILES string of the molecule is COC(C(=O)Nc1ccc(Oc2ccncc2)cc1)c1ccccc1. The predicted molar refractivity (Wildman–Crippen MR) is 95.6 cm³/mol. The van der Waals surface area contributed by atoms with Crippen LogP contribution >= 0.6 is 0 Å². The van der Waals surface area contributed by atoms with Crippen LogP contribution in [0.2, 0.25) is 0 Å². The maximum atomic E-state index is 12.4. The molecule has 1 atom stereocenters. The molecule has 1 N–H and O–H groups in total. The van der Waals surface area contributed by atoms with Gasteiger partial charge in [0.05, 0.1) is 0 Å². The summed E-state index contributed by atoms with van der Waals surface area (Å²) in [5, 5.41) is 2.85. The molecule has 0 fully saturated rings. The van der Waals surface area contributed by atoms with Crippen LogP contribution in [0.5, 0.6) is 11.5 Å². The van der Waals surface area contributed by atoms with Crippen LogP contribution in [0.4, 0.5) is 5.69 Å². The number of nitrogens with zero attached hydrogens (tertiary/aromatic N) is 1. The van der Waals surface area contributed by atoms with E-state index in [1.807, 2.05) is 30.3 Å². The van der Waals surface area contributed by atoms with E-state index in [0.717, 1.165) is 5.56 Å². The number of pyridine rings is 1. The van der Waals surface area contributed by atoms with Crippen LogP contribution in [0.1, 0.15) is 11.7 Å². The van der Waals surface area contributed by atoms with Crippen LogP contribution in [0.15, 0.2) is 79.1 Å². The number of hydrogen-bond acceptors (Lipinski definition) is 4. The van der Waals surface area contributed by atoms with Crippen LogP contribution in [0.3, 0.4) is 0 Å². The number of carbonyl (C=O) groups is 1. The maximum absolute atomic E-state index is 12.4. The molecule has 1 heterocycles. The van der Waals surface area contributed by atoms with Crippen molar-refractivity contribution in [2.45, 2.75) is 6.10 Å². The van der Waals surface area contributed by atoms with Crippen molar-refractivity contribution in [3.63, 3.8) is 0 Å². The van der Waals surface area contributed by atoms with Gasteiger partial charge in [0, 0.05) is 25.2 Å². The lowest BCUT2D eigenvalue weighted by atomic mass is 10.1. The predicted octanol–water partition coefficient (Wildman–Crippen LogP) is 4.20. The first-order chi connectivity index (χ1) is 12.3. The molecule has 0 spiro atoms. The number of rotatable bonds is 6. The van der Waals surface area contributed by atoms with Gasteiger partial charge in [-0.3, -0.25) is 9.78 Å². The monoisotopic (exact) mass is 334 g/mol. The molecule has 0 aliphatic carbocycles. The molecule has 0 saturated heterocycles. The number of methoxy groups -OCH3 is 1. The number of carbonyl (C=O) groups excluding carboxylic acids is 1. The minimum absolute atomic E-state index is 0.225. The lowest BCUT2D eigenvalue weighted by Gasteiger charge is -2.16. The Kier molecular flexibility index (Phi) is 5.39. The minimum Gasteiger partial charge on any atom is -0.457 e. The third kappa shape index (κ3) is 4.43. The highest BCUT2D eigenvalue weighted by molar-refractivity contribution is 5.94. The van der Waals surface area contributed by atoms with Crippen molar-refractivity contribution < 1.29 is 14.3 Å². The molecular weight excluding hydrogens is 316 g/mol. The van der Waals surface area contributed by atoms with E-state index in [1.54, 1.807) is 48.8 Å². The molecule has 126 valence electrons. The molecule has 5 nitrogen and oxygen atoms in total. The second kappa shape index (κ2) is 8.08. The number of ether oxygens (including phenoxy) is 2. The van der Waals surface area contributed by atoms with Gasteiger partial charge in [0.2, 0.25) is 0 Å². The zero-order chi connectivity index (χ0) is 17.5. The second-order valence-electron chi connectivity index (χ2n) is 5.33. The smallest absolute Gasteiger partial charge is 0.258 e. The van der Waals surface area contributed by atoms with Crippen LogP contribution in [-0.2, 0) is 9.53 Å². The van der Waals surface area contributed by atoms with Crippen molar-refractivity contribution in [3.8, 4) is 11.5 Å². The molecule has 0 aliphatic heterocycles. The Morgan fingerprint density at radius 3 is 2.20 bits per heavy atom. The molecule has 1 amide bonds. The lowest BCUT2D eigenvalue weighted by Crippen LogP contribution is -2.22. The fraction of sp³-hybridized carbons (Fsp3) is 0.100. The van der Waals surface area contributed by atoms with Crippen molar-refractivity contribution in [1.82, 2.24) is 4.98 Å². The average Bonchev–Trinajstić information content (AvgIpc) is 2.66. The van der Waals surface area contributed by atoms with E-state index >= 15 is 0 Å². The summed E-state index contributed by atoms with van der Waals surface area (Å²) in [5.74, 6) is 1.15. The van der Waals surface area contributed by atoms with E-state index in [4.69, 9.17) is 9.47 Å². The highest BCUT2D eigenvalue weighted by Crippen LogP contribution is 2.23. The Bertz CT molecular complexity index is 805. The summed E-state index contributed by atoms with van der Waals surface area (Å²) >= 11 is 0. The van der Waals surface area contributed by atoms with Gasteiger partial charge < -0.3 is 14.8 Å². The first-order valence-electron chi connectivity index (χ1n) is 7.83. The summed E-state index contributed by atoms with van der Waals surface area (Å²) in [4.78, 5) is 16.4. The zero-order valence-electron chi connectivity index (χ0n) is 13.8. The number of amides is 1. The second-order valence-corrected chi connectivity index (χ2v) is 5.33. The fourth-order valence-electron chi connectivity index (χ4n) is 2.38. The van der Waals surface area contributed by atoms with Crippen LogP contribution in [0, 0.1) is 0 Å². The van der Waals surface area contributed by atoms with Crippen molar-refractivity contribution in [3.05, 3.63) is 84.7 Å². The van der Waals surface area contributed by atoms with Crippen molar-refractivity contribution >= 4 is 11.6 Å². The molecule has 1 unspecified atom stereocenters. The van der Waals surface area contributed by atoms with Crippen LogP contribution in [-0.4, -0.2) is 18.0 Å². The number of hydrogen-bond donors (Lipinski definition) is 1. The van der Waals surface area contributed by atoms with Gasteiger partial charge in [-0.1, -0.05) is 30.3 Å². The Hall–Kier alpha value is -3.18. The summed E-state index contributed by atoms with van der Waals surface area (Å²) in [6, 6.07) is 20.1. The molecule has 0 bridgehead atoms. The Balaban J connectivity index is 1.65. The molecule has 1 aromatic heterocycles. The number of aromatic nitrogens is 1. The van der Waals surface area contributed by atoms with Crippen LogP contribution in [0.25, 0.3) is 0 Å². The van der Waals surface area contributed by atoms with Gasteiger partial charge >= 0.3 is 0 Å². The summed E-state index contributed by atoms with van der Waals surface area (Å²) in [7, 11) is 1.52. The van der Waals surface area contributed by atoms with Crippen molar-refractivity contribution in [2.24, 2.45) is 0 Å². The third-order valence-electron chi connectivity index (χ3n) is 3.58. The quantitative estimate of drug-likeness (QED) is 0.734. The molecule has 25 heavy (non-hydrogen) atoms. The Morgan fingerprint density at radius 2 is 1.56 bits per heavy atom. The largest absolute Gasteiger partial charge is 0.457 e. The molecule has 2 aromatic carbocycles. The van der Waals surface area contributed by atoms with Gasteiger partial charge in [-0.25, -0.2) is 0 Å². The first-order valence-corrected chi connectivity index (χ1v) is 7.83. The molecule has 0 radical (unpaired) electrons. The lowest BCUT2D eigenvalue weighted by molar-refractivity contribution is -0.126. The van der Waals surface area contributed by atoms with E-state index < -0.39 is 6.10 Å². The molecule has 3 rings (SSSR count). The topological polar surface area (TPSA) is 60.5 Å². The van der Waals surface area contributed by atoms with E-state index in [0.29, 0.717) is 17.2 Å². The summed E-state index contributed by atoms with van der Waals surface area (Å²) in [6.45, 7) is 0. The van der Waals surface area contributed by atoms with E-state index in [1.165, 1.54) is 7.11 Å². The summed E-state index contributed by atoms with van der Waals surface area (Å²) in [6.07, 6.45) is 2.67. The van der Waals surface area contributed by atoms with Crippen molar-refractivity contribution in [2.75, 3.05) is 12.4 Å². The van der Waals surface area contributed by atoms with Gasteiger partial charge in [0.1, 0.15) is 11.5 Å². The molecule has 0 saturated carbocycles. The van der Waals surface area contributed by atoms with Gasteiger partial charge in [-0.15, -0.1) is 0 Å². The average molecular weight is 334 g/mol. The van der Waals surface area contributed by atoms with Crippen molar-refractivity contribution in [1.29, 1.82) is 0 Å². The van der Waals surface area contributed by atoms with Gasteiger partial charge in [0.15, 0.2) is 6.10 Å². The third-order valence-corrected chi connectivity index (χ3v) is 3.58. The van der Waals surface area contributed by atoms with Gasteiger partial charge in [-0.05, 0) is 42.0 Å². The highest BCUT2D eigenvalue weighted by atomic mass is 16.5. The van der Waals surface area contributed by atoms with Gasteiger partial charge in [0.25, 0.3) is 5.91 Å². The normalized spacial score (nSPS) is 11.6. The van der Waals surface area contributed by atoms with Gasteiger partial charge in [-0.2, -0.15) is 0 Å². The van der Waals surface area contributed by atoms with E-state index in [-0.39, 0.29) is 5.91 Å². The fourth-order valence-corrected chi connectivity index (χ4v) is 2.38. The molecular formula is C20H18N2O3. The Labute approximate surface area is 146 Å². The van der Waals surface area contributed by atoms with E-state index in [2.05, 4.69) is 10.3 Å². The van der Waals surface area contributed by atoms with Crippen LogP contribution < -0.4 is 10.1 Å². The summed E-state index contributed by atoms with van der Waals surface area (Å²) < 4.78 is 11.0. The maximum Gasteiger partial charge on any atom is 0.258 e. The minimum atomic E-state index is -0.658. The van der Waals surface area contributed by atoms with E-state index in [9.17, 15) is 4.79 Å². The number of anilines is 1. The first kappa shape index (κ1) is 16.7.